The minimum atomic E-state index is 0.00259. The fourth-order valence-electron chi connectivity index (χ4n) is 2.87. The molecule has 2 aromatic carbocycles. The van der Waals surface area contributed by atoms with E-state index in [1.165, 1.54) is 0 Å². The summed E-state index contributed by atoms with van der Waals surface area (Å²) in [5, 5.41) is 6.19. The van der Waals surface area contributed by atoms with Crippen LogP contribution in [0.2, 0.25) is 0 Å². The van der Waals surface area contributed by atoms with Crippen molar-refractivity contribution in [2.45, 2.75) is 32.0 Å². The van der Waals surface area contributed by atoms with Gasteiger partial charge in [-0.25, -0.2) is 0 Å². The molecular formula is C21H26N2O3. The molecule has 1 fully saturated rings. The molecule has 1 unspecified atom stereocenters. The lowest BCUT2D eigenvalue weighted by atomic mass is 10.2. The van der Waals surface area contributed by atoms with Crippen LogP contribution in [0.15, 0.2) is 54.6 Å². The van der Waals surface area contributed by atoms with Gasteiger partial charge in [0.25, 0.3) is 0 Å². The van der Waals surface area contributed by atoms with Gasteiger partial charge in [-0.05, 0) is 42.7 Å². The Hall–Kier alpha value is -2.37. The molecule has 5 nitrogen and oxygen atoms in total. The standard InChI is InChI=1S/C21H26N2O3/c24-21(12-13-22-15-20-7-4-14-25-20)23-18-8-10-19(11-9-18)26-16-17-5-2-1-3-6-17/h1-3,5-6,8-11,20,22H,4,7,12-16H2,(H,23,24). The van der Waals surface area contributed by atoms with E-state index in [2.05, 4.69) is 10.6 Å². The zero-order valence-corrected chi connectivity index (χ0v) is 14.9. The molecule has 3 rings (SSSR count). The molecule has 1 saturated heterocycles. The highest BCUT2D eigenvalue weighted by atomic mass is 16.5. The van der Waals surface area contributed by atoms with Gasteiger partial charge in [0.15, 0.2) is 0 Å². The highest BCUT2D eigenvalue weighted by Crippen LogP contribution is 2.17. The third kappa shape index (κ3) is 6.17. The van der Waals surface area contributed by atoms with Gasteiger partial charge in [-0.15, -0.1) is 0 Å². The number of hydrogen-bond donors (Lipinski definition) is 2. The zero-order valence-electron chi connectivity index (χ0n) is 14.9. The van der Waals surface area contributed by atoms with E-state index in [1.54, 1.807) is 0 Å². The number of rotatable bonds is 9. The largest absolute Gasteiger partial charge is 0.489 e. The van der Waals surface area contributed by atoms with Gasteiger partial charge in [-0.2, -0.15) is 0 Å². The Kier molecular flexibility index (Phi) is 7.05. The fraction of sp³-hybridized carbons (Fsp3) is 0.381. The number of benzene rings is 2. The minimum Gasteiger partial charge on any atom is -0.489 e. The molecule has 138 valence electrons. The summed E-state index contributed by atoms with van der Waals surface area (Å²) in [5.41, 5.74) is 1.90. The number of carbonyl (C=O) groups is 1. The molecule has 0 aliphatic carbocycles. The number of amides is 1. The van der Waals surface area contributed by atoms with E-state index < -0.39 is 0 Å². The lowest BCUT2D eigenvalue weighted by Crippen LogP contribution is -2.29. The third-order valence-electron chi connectivity index (χ3n) is 4.31. The summed E-state index contributed by atoms with van der Waals surface area (Å²) in [6, 6.07) is 17.5. The molecule has 1 aliphatic rings. The number of carbonyl (C=O) groups excluding carboxylic acids is 1. The molecule has 0 spiro atoms. The molecule has 1 atom stereocenters. The summed E-state index contributed by atoms with van der Waals surface area (Å²) in [6.45, 7) is 2.87. The summed E-state index contributed by atoms with van der Waals surface area (Å²) >= 11 is 0. The van der Waals surface area contributed by atoms with E-state index in [0.29, 0.717) is 25.7 Å². The van der Waals surface area contributed by atoms with Gasteiger partial charge >= 0.3 is 0 Å². The predicted octanol–water partition coefficient (Wildman–Crippen LogP) is 3.36. The molecule has 0 bridgehead atoms. The molecule has 1 aliphatic heterocycles. The summed E-state index contributed by atoms with van der Waals surface area (Å²) in [7, 11) is 0. The lowest BCUT2D eigenvalue weighted by molar-refractivity contribution is -0.116. The Bertz CT molecular complexity index is 667. The maximum absolute atomic E-state index is 12.0. The van der Waals surface area contributed by atoms with Crippen molar-refractivity contribution in [3.05, 3.63) is 60.2 Å². The van der Waals surface area contributed by atoms with Crippen molar-refractivity contribution < 1.29 is 14.3 Å². The van der Waals surface area contributed by atoms with Gasteiger partial charge in [0.05, 0.1) is 6.10 Å². The molecule has 26 heavy (non-hydrogen) atoms. The topological polar surface area (TPSA) is 59.6 Å². The molecule has 0 radical (unpaired) electrons. The van der Waals surface area contributed by atoms with Crippen LogP contribution in [0.25, 0.3) is 0 Å². The Morgan fingerprint density at radius 2 is 1.92 bits per heavy atom. The van der Waals surface area contributed by atoms with Crippen LogP contribution in [-0.4, -0.2) is 31.7 Å². The summed E-state index contributed by atoms with van der Waals surface area (Å²) in [5.74, 6) is 0.785. The molecule has 2 aromatic rings. The number of hydrogen-bond acceptors (Lipinski definition) is 4. The van der Waals surface area contributed by atoms with Crippen LogP contribution in [0.5, 0.6) is 5.75 Å². The zero-order chi connectivity index (χ0) is 18.0. The van der Waals surface area contributed by atoms with Gasteiger partial charge in [0.2, 0.25) is 5.91 Å². The normalized spacial score (nSPS) is 16.4. The molecule has 2 N–H and O–H groups in total. The second kappa shape index (κ2) is 9.94. The minimum absolute atomic E-state index is 0.00259. The van der Waals surface area contributed by atoms with Gasteiger partial charge < -0.3 is 20.1 Å². The van der Waals surface area contributed by atoms with E-state index in [-0.39, 0.29) is 5.91 Å². The fourth-order valence-corrected chi connectivity index (χ4v) is 2.87. The Morgan fingerprint density at radius 1 is 1.12 bits per heavy atom. The molecule has 1 amide bonds. The van der Waals surface area contributed by atoms with Crippen LogP contribution in [0.3, 0.4) is 0 Å². The second-order valence-corrected chi connectivity index (χ2v) is 6.44. The van der Waals surface area contributed by atoms with Crippen LogP contribution in [-0.2, 0) is 16.1 Å². The van der Waals surface area contributed by atoms with Crippen molar-refractivity contribution in [1.82, 2.24) is 5.32 Å². The summed E-state index contributed by atoms with van der Waals surface area (Å²) in [4.78, 5) is 12.0. The predicted molar refractivity (Wildman–Crippen MR) is 102 cm³/mol. The highest BCUT2D eigenvalue weighted by Gasteiger charge is 2.14. The van der Waals surface area contributed by atoms with Crippen LogP contribution < -0.4 is 15.4 Å². The van der Waals surface area contributed by atoms with E-state index in [1.807, 2.05) is 54.6 Å². The van der Waals surface area contributed by atoms with Crippen molar-refractivity contribution >= 4 is 11.6 Å². The molecule has 1 heterocycles. The quantitative estimate of drug-likeness (QED) is 0.678. The van der Waals surface area contributed by atoms with E-state index >= 15 is 0 Å². The average Bonchev–Trinajstić information content (AvgIpc) is 3.19. The molecule has 0 aromatic heterocycles. The van der Waals surface area contributed by atoms with Crippen LogP contribution in [0.1, 0.15) is 24.8 Å². The third-order valence-corrected chi connectivity index (χ3v) is 4.31. The maximum atomic E-state index is 12.0. The number of ether oxygens (including phenoxy) is 2. The van der Waals surface area contributed by atoms with Crippen molar-refractivity contribution in [3.63, 3.8) is 0 Å². The van der Waals surface area contributed by atoms with E-state index in [0.717, 1.165) is 43.0 Å². The van der Waals surface area contributed by atoms with Crippen molar-refractivity contribution in [3.8, 4) is 5.75 Å². The molecule has 5 heteroatoms. The Balaban J connectivity index is 1.34. The van der Waals surface area contributed by atoms with Gasteiger partial charge in [0.1, 0.15) is 12.4 Å². The van der Waals surface area contributed by atoms with Crippen LogP contribution >= 0.6 is 0 Å². The highest BCUT2D eigenvalue weighted by molar-refractivity contribution is 5.90. The van der Waals surface area contributed by atoms with Crippen molar-refractivity contribution in [1.29, 1.82) is 0 Å². The SMILES string of the molecule is O=C(CCNCC1CCCO1)Nc1ccc(OCc2ccccc2)cc1. The van der Waals surface area contributed by atoms with Gasteiger partial charge in [-0.3, -0.25) is 4.79 Å². The average molecular weight is 354 g/mol. The van der Waals surface area contributed by atoms with Gasteiger partial charge in [0, 0.05) is 31.8 Å². The van der Waals surface area contributed by atoms with E-state index in [4.69, 9.17) is 9.47 Å². The smallest absolute Gasteiger partial charge is 0.225 e. The maximum Gasteiger partial charge on any atom is 0.225 e. The monoisotopic (exact) mass is 354 g/mol. The lowest BCUT2D eigenvalue weighted by Gasteiger charge is -2.11. The Labute approximate surface area is 154 Å². The summed E-state index contributed by atoms with van der Waals surface area (Å²) < 4.78 is 11.3. The Morgan fingerprint density at radius 3 is 2.65 bits per heavy atom. The van der Waals surface area contributed by atoms with Gasteiger partial charge in [-0.1, -0.05) is 30.3 Å². The van der Waals surface area contributed by atoms with E-state index in [9.17, 15) is 4.79 Å². The first-order valence-electron chi connectivity index (χ1n) is 9.18. The molecule has 0 saturated carbocycles. The van der Waals surface area contributed by atoms with Crippen molar-refractivity contribution in [2.24, 2.45) is 0 Å². The number of anilines is 1. The first-order chi connectivity index (χ1) is 12.8. The van der Waals surface area contributed by atoms with Crippen LogP contribution in [0.4, 0.5) is 5.69 Å². The molecular weight excluding hydrogens is 328 g/mol. The number of nitrogens with one attached hydrogen (secondary N) is 2. The summed E-state index contributed by atoms with van der Waals surface area (Å²) in [6.07, 6.45) is 3.00. The first-order valence-corrected chi connectivity index (χ1v) is 9.18. The van der Waals surface area contributed by atoms with Crippen LogP contribution in [0, 0.1) is 0 Å². The van der Waals surface area contributed by atoms with Crippen molar-refractivity contribution in [2.75, 3.05) is 25.0 Å². The second-order valence-electron chi connectivity index (χ2n) is 6.44. The first kappa shape index (κ1) is 18.4.